The number of aromatic nitrogens is 1. The van der Waals surface area contributed by atoms with Gasteiger partial charge in [-0.1, -0.05) is 48.5 Å². The van der Waals surface area contributed by atoms with Gasteiger partial charge in [0.05, 0.1) is 12.1 Å². The predicted molar refractivity (Wildman–Crippen MR) is 103 cm³/mol. The summed E-state index contributed by atoms with van der Waals surface area (Å²) in [5, 5.41) is 16.3. The van der Waals surface area contributed by atoms with Gasteiger partial charge in [0.25, 0.3) is 0 Å². The molecule has 1 heterocycles. The lowest BCUT2D eigenvalue weighted by molar-refractivity contribution is 0.293. The number of nitrogens with zero attached hydrogens (tertiary/aromatic N) is 2. The second-order valence-electron chi connectivity index (χ2n) is 6.21. The van der Waals surface area contributed by atoms with Gasteiger partial charge in [-0.3, -0.25) is 0 Å². The third kappa shape index (κ3) is 2.58. The Hall–Kier alpha value is -3.34. The molecule has 0 saturated heterocycles. The number of ether oxygens (including phenoxy) is 1. The second kappa shape index (κ2) is 6.52. The molecule has 0 amide bonds. The van der Waals surface area contributed by atoms with Crippen LogP contribution in [0.25, 0.3) is 21.7 Å². The van der Waals surface area contributed by atoms with Crippen LogP contribution < -0.4 is 4.74 Å². The summed E-state index contributed by atoms with van der Waals surface area (Å²) in [5.41, 5.74) is 1.77. The van der Waals surface area contributed by atoms with Gasteiger partial charge in [0.15, 0.2) is 5.69 Å². The van der Waals surface area contributed by atoms with E-state index in [1.807, 2.05) is 67.6 Å². The number of aromatic hydroxyl groups is 1. The molecule has 4 rings (SSSR count). The maximum atomic E-state index is 11.2. The van der Waals surface area contributed by atoms with E-state index in [0.29, 0.717) is 18.5 Å². The van der Waals surface area contributed by atoms with Crippen LogP contribution in [0.2, 0.25) is 0 Å². The minimum Gasteiger partial charge on any atom is -0.493 e. The lowest BCUT2D eigenvalue weighted by atomic mass is 10.1. The highest BCUT2D eigenvalue weighted by molar-refractivity contribution is 5.97. The monoisotopic (exact) mass is 346 g/mol. The van der Waals surface area contributed by atoms with Crippen molar-refractivity contribution in [2.45, 2.75) is 13.5 Å². The SMILES string of the molecule is Cc1cccc2c1c(N=O)c(O)n2CCOc1cccc2ccccc12. The average Bonchev–Trinajstić information content (AvgIpc) is 2.94. The van der Waals surface area contributed by atoms with E-state index < -0.39 is 0 Å². The van der Waals surface area contributed by atoms with Crippen molar-refractivity contribution in [3.8, 4) is 11.6 Å². The van der Waals surface area contributed by atoms with Gasteiger partial charge in [0.2, 0.25) is 5.88 Å². The average molecular weight is 346 g/mol. The summed E-state index contributed by atoms with van der Waals surface area (Å²) in [6, 6.07) is 19.6. The fourth-order valence-electron chi connectivity index (χ4n) is 3.42. The number of hydrogen-bond donors (Lipinski definition) is 1. The van der Waals surface area contributed by atoms with Crippen molar-refractivity contribution < 1.29 is 9.84 Å². The third-order valence-corrected chi connectivity index (χ3v) is 4.66. The van der Waals surface area contributed by atoms with Crippen molar-refractivity contribution in [3.63, 3.8) is 0 Å². The molecule has 0 aliphatic heterocycles. The molecule has 0 saturated carbocycles. The highest BCUT2D eigenvalue weighted by atomic mass is 16.5. The van der Waals surface area contributed by atoms with Crippen LogP contribution in [0.15, 0.2) is 65.8 Å². The van der Waals surface area contributed by atoms with Crippen molar-refractivity contribution in [2.75, 3.05) is 6.61 Å². The molecule has 0 bridgehead atoms. The zero-order valence-electron chi connectivity index (χ0n) is 14.3. The predicted octanol–water partition coefficient (Wildman–Crippen LogP) is 5.29. The normalized spacial score (nSPS) is 11.1. The maximum Gasteiger partial charge on any atom is 0.222 e. The van der Waals surface area contributed by atoms with E-state index >= 15 is 0 Å². The number of aryl methyl sites for hydroxylation is 1. The molecule has 130 valence electrons. The summed E-state index contributed by atoms with van der Waals surface area (Å²) < 4.78 is 7.63. The second-order valence-corrected chi connectivity index (χ2v) is 6.21. The molecule has 5 nitrogen and oxygen atoms in total. The molecule has 0 radical (unpaired) electrons. The van der Waals surface area contributed by atoms with Crippen LogP contribution in [0.5, 0.6) is 11.6 Å². The molecule has 1 aromatic heterocycles. The van der Waals surface area contributed by atoms with Crippen molar-refractivity contribution in [3.05, 3.63) is 71.1 Å². The van der Waals surface area contributed by atoms with Gasteiger partial charge in [-0.25, -0.2) is 0 Å². The van der Waals surface area contributed by atoms with Gasteiger partial charge >= 0.3 is 0 Å². The number of nitroso groups, excluding NO2 is 1. The number of hydrogen-bond acceptors (Lipinski definition) is 4. The van der Waals surface area contributed by atoms with E-state index in [1.54, 1.807) is 4.57 Å². The molecule has 0 spiro atoms. The Morgan fingerprint density at radius 1 is 1.04 bits per heavy atom. The van der Waals surface area contributed by atoms with Crippen LogP contribution in [-0.4, -0.2) is 16.3 Å². The van der Waals surface area contributed by atoms with E-state index in [-0.39, 0.29) is 11.6 Å². The first-order valence-corrected chi connectivity index (χ1v) is 8.45. The number of rotatable bonds is 5. The van der Waals surface area contributed by atoms with Gasteiger partial charge in [-0.2, -0.15) is 0 Å². The molecule has 3 aromatic carbocycles. The summed E-state index contributed by atoms with van der Waals surface area (Å²) >= 11 is 0. The summed E-state index contributed by atoms with van der Waals surface area (Å²) in [5.74, 6) is 0.676. The van der Waals surface area contributed by atoms with E-state index in [4.69, 9.17) is 4.74 Å². The first-order valence-electron chi connectivity index (χ1n) is 8.45. The Balaban J connectivity index is 1.63. The molecule has 0 fully saturated rings. The smallest absolute Gasteiger partial charge is 0.222 e. The van der Waals surface area contributed by atoms with Crippen LogP contribution in [0.3, 0.4) is 0 Å². The topological polar surface area (TPSA) is 63.8 Å². The van der Waals surface area contributed by atoms with Crippen LogP contribution in [0.1, 0.15) is 5.56 Å². The summed E-state index contributed by atoms with van der Waals surface area (Å²) in [7, 11) is 0. The van der Waals surface area contributed by atoms with E-state index in [2.05, 4.69) is 5.18 Å². The van der Waals surface area contributed by atoms with Gasteiger partial charge in [-0.05, 0) is 35.2 Å². The third-order valence-electron chi connectivity index (χ3n) is 4.66. The first kappa shape index (κ1) is 16.1. The summed E-state index contributed by atoms with van der Waals surface area (Å²) in [6.07, 6.45) is 0. The quantitative estimate of drug-likeness (QED) is 0.500. The minimum atomic E-state index is -0.120. The first-order chi connectivity index (χ1) is 12.7. The molecule has 0 aliphatic carbocycles. The molecule has 26 heavy (non-hydrogen) atoms. The fourth-order valence-corrected chi connectivity index (χ4v) is 3.42. The zero-order chi connectivity index (χ0) is 18.1. The van der Waals surface area contributed by atoms with Crippen LogP contribution in [0, 0.1) is 11.8 Å². The fraction of sp³-hybridized carbons (Fsp3) is 0.143. The Morgan fingerprint density at radius 3 is 2.65 bits per heavy atom. The van der Waals surface area contributed by atoms with Crippen molar-refractivity contribution in [1.29, 1.82) is 0 Å². The standard InChI is InChI=1S/C21H18N2O3/c1-14-6-4-10-17-19(14)20(22-25)21(24)23(17)12-13-26-18-11-5-8-15-7-2-3-9-16(15)18/h2-11,24H,12-13H2,1H3. The van der Waals surface area contributed by atoms with Crippen molar-refractivity contribution in [2.24, 2.45) is 5.18 Å². The van der Waals surface area contributed by atoms with E-state index in [1.165, 1.54) is 0 Å². The Bertz CT molecular complexity index is 1110. The molecular weight excluding hydrogens is 328 g/mol. The van der Waals surface area contributed by atoms with Gasteiger partial charge in [-0.15, -0.1) is 4.91 Å². The van der Waals surface area contributed by atoms with Crippen molar-refractivity contribution >= 4 is 27.4 Å². The number of fused-ring (bicyclic) bond motifs is 2. The van der Waals surface area contributed by atoms with E-state index in [0.717, 1.165) is 27.6 Å². The van der Waals surface area contributed by atoms with Crippen LogP contribution >= 0.6 is 0 Å². The van der Waals surface area contributed by atoms with Crippen molar-refractivity contribution in [1.82, 2.24) is 4.57 Å². The summed E-state index contributed by atoms with van der Waals surface area (Å²) in [6.45, 7) is 2.66. The Kier molecular flexibility index (Phi) is 4.05. The molecule has 5 heteroatoms. The molecule has 1 N–H and O–H groups in total. The van der Waals surface area contributed by atoms with Crippen LogP contribution in [-0.2, 0) is 6.54 Å². The lowest BCUT2D eigenvalue weighted by Gasteiger charge is -2.11. The maximum absolute atomic E-state index is 11.2. The van der Waals surface area contributed by atoms with Gasteiger partial charge in [0, 0.05) is 10.8 Å². The molecular formula is C21H18N2O3. The molecule has 0 unspecified atom stereocenters. The van der Waals surface area contributed by atoms with Crippen LogP contribution in [0.4, 0.5) is 5.69 Å². The Labute approximate surface area is 150 Å². The van der Waals surface area contributed by atoms with Gasteiger partial charge < -0.3 is 14.4 Å². The molecule has 4 aromatic rings. The molecule has 0 atom stereocenters. The van der Waals surface area contributed by atoms with Gasteiger partial charge in [0.1, 0.15) is 12.4 Å². The zero-order valence-corrected chi connectivity index (χ0v) is 14.3. The lowest BCUT2D eigenvalue weighted by Crippen LogP contribution is -2.08. The highest BCUT2D eigenvalue weighted by Gasteiger charge is 2.18. The minimum absolute atomic E-state index is 0.0864. The Morgan fingerprint density at radius 2 is 1.81 bits per heavy atom. The number of benzene rings is 3. The highest BCUT2D eigenvalue weighted by Crippen LogP contribution is 2.40. The largest absolute Gasteiger partial charge is 0.493 e. The van der Waals surface area contributed by atoms with E-state index in [9.17, 15) is 10.0 Å². The molecule has 0 aliphatic rings. The summed E-state index contributed by atoms with van der Waals surface area (Å²) in [4.78, 5) is 11.2.